The summed E-state index contributed by atoms with van der Waals surface area (Å²) in [6.45, 7) is 6.67. The van der Waals surface area contributed by atoms with Crippen LogP contribution in [0.4, 0.5) is 10.5 Å². The second kappa shape index (κ2) is 11.1. The van der Waals surface area contributed by atoms with Crippen molar-refractivity contribution in [2.24, 2.45) is 0 Å². The predicted octanol–water partition coefficient (Wildman–Crippen LogP) is 4.39. The van der Waals surface area contributed by atoms with Gasteiger partial charge in [0.05, 0.1) is 24.9 Å². The van der Waals surface area contributed by atoms with E-state index in [0.29, 0.717) is 35.2 Å². The van der Waals surface area contributed by atoms with Crippen LogP contribution in [0.5, 0.6) is 0 Å². The van der Waals surface area contributed by atoms with E-state index in [0.717, 1.165) is 16.9 Å². The van der Waals surface area contributed by atoms with Gasteiger partial charge in [0.1, 0.15) is 11.6 Å². The molecule has 0 radical (unpaired) electrons. The molecule has 2 aliphatic heterocycles. The molecule has 2 heterocycles. The molecule has 0 unspecified atom stereocenters. The number of rotatable bonds is 5. The molecular weight excluding hydrogens is 502 g/mol. The fourth-order valence-electron chi connectivity index (χ4n) is 3.95. The predicted molar refractivity (Wildman–Crippen MR) is 140 cm³/mol. The molecule has 2 aliphatic rings. The molecule has 10 heteroatoms. The molecular formula is C26H30ClN3O5S. The number of alkyl carbamates (subject to hydrolysis) is 1. The first-order valence-corrected chi connectivity index (χ1v) is 13.2. The Morgan fingerprint density at radius 3 is 2.58 bits per heavy atom. The van der Waals surface area contributed by atoms with Gasteiger partial charge in [-0.3, -0.25) is 9.59 Å². The van der Waals surface area contributed by atoms with E-state index in [1.165, 1.54) is 11.8 Å². The summed E-state index contributed by atoms with van der Waals surface area (Å²) in [5, 5.41) is 6.31. The minimum atomic E-state index is -0.808. The smallest absolute Gasteiger partial charge is 0.408 e. The first kappa shape index (κ1) is 26.3. The number of thioether (sulfide) groups is 1. The summed E-state index contributed by atoms with van der Waals surface area (Å²) in [6, 6.07) is 11.7. The van der Waals surface area contributed by atoms with Crippen molar-refractivity contribution in [2.75, 3.05) is 23.9 Å². The van der Waals surface area contributed by atoms with Gasteiger partial charge in [0.2, 0.25) is 0 Å². The molecule has 192 valence electrons. The minimum Gasteiger partial charge on any atom is -0.444 e. The lowest BCUT2D eigenvalue weighted by molar-refractivity contribution is -0.120. The lowest BCUT2D eigenvalue weighted by atomic mass is 10.1. The largest absolute Gasteiger partial charge is 0.444 e. The van der Waals surface area contributed by atoms with Gasteiger partial charge < -0.3 is 25.0 Å². The number of ether oxygens (including phenoxy) is 2. The van der Waals surface area contributed by atoms with Crippen molar-refractivity contribution in [1.29, 1.82) is 0 Å². The highest BCUT2D eigenvalue weighted by Gasteiger charge is 2.34. The van der Waals surface area contributed by atoms with E-state index in [1.54, 1.807) is 49.9 Å². The Labute approximate surface area is 220 Å². The highest BCUT2D eigenvalue weighted by molar-refractivity contribution is 7.99. The lowest BCUT2D eigenvalue weighted by Gasteiger charge is -2.27. The van der Waals surface area contributed by atoms with Crippen LogP contribution in [0.3, 0.4) is 0 Å². The van der Waals surface area contributed by atoms with E-state index < -0.39 is 17.7 Å². The van der Waals surface area contributed by atoms with Gasteiger partial charge in [-0.2, -0.15) is 0 Å². The molecule has 4 rings (SSSR count). The molecule has 2 atom stereocenters. The Morgan fingerprint density at radius 1 is 1.17 bits per heavy atom. The second-order valence-corrected chi connectivity index (χ2v) is 11.3. The van der Waals surface area contributed by atoms with Gasteiger partial charge in [0.25, 0.3) is 11.8 Å². The molecule has 0 aromatic heterocycles. The van der Waals surface area contributed by atoms with Gasteiger partial charge in [-0.25, -0.2) is 4.79 Å². The van der Waals surface area contributed by atoms with Crippen molar-refractivity contribution in [1.82, 2.24) is 10.6 Å². The fraction of sp³-hybridized carbons (Fsp3) is 0.423. The van der Waals surface area contributed by atoms with Crippen molar-refractivity contribution in [2.45, 2.75) is 56.3 Å². The first-order chi connectivity index (χ1) is 17.1. The average Bonchev–Trinajstić information content (AvgIpc) is 3.29. The van der Waals surface area contributed by atoms with E-state index >= 15 is 0 Å². The van der Waals surface area contributed by atoms with Gasteiger partial charge >= 0.3 is 6.09 Å². The Bertz CT molecular complexity index is 1130. The van der Waals surface area contributed by atoms with Crippen LogP contribution < -0.4 is 15.5 Å². The summed E-state index contributed by atoms with van der Waals surface area (Å²) >= 11 is 7.50. The van der Waals surface area contributed by atoms with Crippen molar-refractivity contribution in [3.8, 4) is 0 Å². The SMILES string of the molecule is CC(C)(C)OC(=O)N[C@H]1CSc2ccc(C(=O)N[C@@H]3CCOC3)cc2N(Cc2ccc(Cl)cc2)C1=O. The highest BCUT2D eigenvalue weighted by Crippen LogP contribution is 2.36. The normalized spacial score (nSPS) is 19.9. The molecule has 0 spiro atoms. The van der Waals surface area contributed by atoms with Crippen LogP contribution in [0.1, 0.15) is 43.1 Å². The zero-order valence-corrected chi connectivity index (χ0v) is 22.1. The van der Waals surface area contributed by atoms with Crippen molar-refractivity contribution in [3.05, 3.63) is 58.6 Å². The summed E-state index contributed by atoms with van der Waals surface area (Å²) in [5.74, 6) is -0.179. The van der Waals surface area contributed by atoms with Gasteiger partial charge in [0, 0.05) is 27.8 Å². The van der Waals surface area contributed by atoms with E-state index in [9.17, 15) is 14.4 Å². The molecule has 1 fully saturated rings. The second-order valence-electron chi connectivity index (χ2n) is 9.78. The zero-order chi connectivity index (χ0) is 25.9. The van der Waals surface area contributed by atoms with Crippen molar-refractivity contribution in [3.63, 3.8) is 0 Å². The van der Waals surface area contributed by atoms with Gasteiger partial charge in [-0.1, -0.05) is 23.7 Å². The van der Waals surface area contributed by atoms with Crippen molar-refractivity contribution < 1.29 is 23.9 Å². The van der Waals surface area contributed by atoms with E-state index in [2.05, 4.69) is 10.6 Å². The molecule has 0 aliphatic carbocycles. The molecule has 0 bridgehead atoms. The monoisotopic (exact) mass is 531 g/mol. The van der Waals surface area contributed by atoms with Crippen LogP contribution in [0.2, 0.25) is 5.02 Å². The van der Waals surface area contributed by atoms with E-state index in [-0.39, 0.29) is 24.4 Å². The van der Waals surface area contributed by atoms with E-state index in [4.69, 9.17) is 21.1 Å². The Kier molecular flexibility index (Phi) is 8.12. The fourth-order valence-corrected chi connectivity index (χ4v) is 5.13. The van der Waals surface area contributed by atoms with Crippen LogP contribution in [0.15, 0.2) is 47.4 Å². The number of halogens is 1. The molecule has 2 N–H and O–H groups in total. The number of benzene rings is 2. The van der Waals surface area contributed by atoms with Gasteiger partial charge in [0.15, 0.2) is 0 Å². The Hall–Kier alpha value is -2.75. The third-order valence-electron chi connectivity index (χ3n) is 5.69. The van der Waals surface area contributed by atoms with Crippen molar-refractivity contribution >= 4 is 47.0 Å². The molecule has 3 amide bonds. The summed E-state index contributed by atoms with van der Waals surface area (Å²) in [4.78, 5) is 41.6. The number of hydrogen-bond donors (Lipinski definition) is 2. The third-order valence-corrected chi connectivity index (χ3v) is 7.10. The maximum atomic E-state index is 13.7. The molecule has 2 aromatic carbocycles. The van der Waals surface area contributed by atoms with Gasteiger partial charge in [-0.05, 0) is 63.1 Å². The summed E-state index contributed by atoms with van der Waals surface area (Å²) < 4.78 is 10.7. The maximum absolute atomic E-state index is 13.7. The molecule has 36 heavy (non-hydrogen) atoms. The minimum absolute atomic E-state index is 0.0279. The summed E-state index contributed by atoms with van der Waals surface area (Å²) in [7, 11) is 0. The molecule has 1 saturated heterocycles. The van der Waals surface area contributed by atoms with E-state index in [1.807, 2.05) is 18.2 Å². The molecule has 2 aromatic rings. The average molecular weight is 532 g/mol. The molecule has 0 saturated carbocycles. The standard InChI is InChI=1S/C26H30ClN3O5S/c1-26(2,3)35-25(33)29-20-15-36-22-9-6-17(23(31)28-19-10-11-34-14-19)12-21(22)30(24(20)32)13-16-4-7-18(27)8-5-16/h4-9,12,19-20H,10-11,13-15H2,1-3H3,(H,28,31)(H,29,33)/t19-,20+/m1/s1. The number of nitrogens with one attached hydrogen (secondary N) is 2. The Morgan fingerprint density at radius 2 is 1.92 bits per heavy atom. The number of nitrogens with zero attached hydrogens (tertiary/aromatic N) is 1. The first-order valence-electron chi connectivity index (χ1n) is 11.8. The highest BCUT2D eigenvalue weighted by atomic mass is 35.5. The van der Waals surface area contributed by atoms with Crippen LogP contribution in [-0.2, 0) is 20.8 Å². The lowest BCUT2D eigenvalue weighted by Crippen LogP contribution is -2.50. The van der Waals surface area contributed by atoms with Crippen LogP contribution >= 0.6 is 23.4 Å². The number of fused-ring (bicyclic) bond motifs is 1. The number of anilines is 1. The van der Waals surface area contributed by atoms with Crippen LogP contribution in [0.25, 0.3) is 0 Å². The number of hydrogen-bond acceptors (Lipinski definition) is 6. The number of amides is 3. The zero-order valence-electron chi connectivity index (χ0n) is 20.5. The summed E-state index contributed by atoms with van der Waals surface area (Å²) in [5.41, 5.74) is 1.24. The quantitative estimate of drug-likeness (QED) is 0.594. The topological polar surface area (TPSA) is 97.0 Å². The third kappa shape index (κ3) is 6.72. The number of carbonyl (C=O) groups is 3. The molecule has 8 nitrogen and oxygen atoms in total. The van der Waals surface area contributed by atoms with Gasteiger partial charge in [-0.15, -0.1) is 11.8 Å². The Balaban J connectivity index is 1.63. The summed E-state index contributed by atoms with van der Waals surface area (Å²) in [6.07, 6.45) is 0.115. The van der Waals surface area contributed by atoms with Crippen LogP contribution in [0, 0.1) is 0 Å². The number of carbonyl (C=O) groups excluding carboxylic acids is 3. The maximum Gasteiger partial charge on any atom is 0.408 e. The van der Waals surface area contributed by atoms with Crippen LogP contribution in [-0.4, -0.2) is 54.6 Å².